The lowest BCUT2D eigenvalue weighted by atomic mass is 9.84. The molecule has 1 aromatic heterocycles. The highest BCUT2D eigenvalue weighted by Gasteiger charge is 2.36. The van der Waals surface area contributed by atoms with E-state index in [0.717, 1.165) is 14.5 Å². The van der Waals surface area contributed by atoms with Crippen LogP contribution in [0, 0.1) is 11.3 Å². The van der Waals surface area contributed by atoms with E-state index in [2.05, 4.69) is 37.9 Å². The van der Waals surface area contributed by atoms with Crippen LogP contribution in [-0.2, 0) is 9.53 Å². The van der Waals surface area contributed by atoms with Gasteiger partial charge in [0.05, 0.1) is 34.3 Å². The van der Waals surface area contributed by atoms with E-state index in [9.17, 15) is 14.9 Å². The number of carbonyl (C=O) groups is 1. The van der Waals surface area contributed by atoms with Gasteiger partial charge in [-0.05, 0) is 48.4 Å². The first-order valence-corrected chi connectivity index (χ1v) is 12.3. The first kappa shape index (κ1) is 23.2. The van der Waals surface area contributed by atoms with Crippen molar-refractivity contribution in [2.45, 2.75) is 12.8 Å². The molecule has 0 unspecified atom stereocenters. The zero-order valence-corrected chi connectivity index (χ0v) is 21.3. The van der Waals surface area contributed by atoms with Gasteiger partial charge in [0.1, 0.15) is 10.5 Å². The minimum Gasteiger partial charge on any atom is -0.463 e. The quantitative estimate of drug-likeness (QED) is 0.472. The molecule has 1 atom stereocenters. The summed E-state index contributed by atoms with van der Waals surface area (Å²) in [6.45, 7) is 1.83. The Morgan fingerprint density at radius 3 is 2.36 bits per heavy atom. The lowest BCUT2D eigenvalue weighted by Gasteiger charge is -2.25. The van der Waals surface area contributed by atoms with Gasteiger partial charge in [0, 0.05) is 8.95 Å². The molecule has 166 valence electrons. The molecule has 1 aliphatic heterocycles. The van der Waals surface area contributed by atoms with Crippen LogP contribution in [-0.4, -0.2) is 17.1 Å². The highest BCUT2D eigenvalue weighted by Crippen LogP contribution is 2.37. The third-order valence-corrected chi connectivity index (χ3v) is 7.30. The van der Waals surface area contributed by atoms with Crippen LogP contribution >= 0.6 is 43.2 Å². The molecule has 0 saturated carbocycles. The van der Waals surface area contributed by atoms with Crippen LogP contribution in [0.5, 0.6) is 0 Å². The first-order valence-electron chi connectivity index (χ1n) is 9.91. The number of esters is 1. The van der Waals surface area contributed by atoms with E-state index in [4.69, 9.17) is 10.5 Å². The molecule has 3 aromatic rings. The van der Waals surface area contributed by atoms with E-state index in [-0.39, 0.29) is 29.1 Å². The van der Waals surface area contributed by atoms with Crippen LogP contribution in [0.15, 0.2) is 67.8 Å². The highest BCUT2D eigenvalue weighted by atomic mass is 79.9. The number of hydrogen-bond donors (Lipinski definition) is 1. The average molecular weight is 587 g/mol. The maximum absolute atomic E-state index is 13.3. The second-order valence-electron chi connectivity index (χ2n) is 7.14. The number of ether oxygens (including phenoxy) is 1. The summed E-state index contributed by atoms with van der Waals surface area (Å²) in [5, 5.41) is 10.1. The van der Waals surface area contributed by atoms with Crippen molar-refractivity contribution >= 4 is 66.6 Å². The molecule has 0 fully saturated rings. The fourth-order valence-electron chi connectivity index (χ4n) is 3.66. The van der Waals surface area contributed by atoms with E-state index in [1.165, 1.54) is 15.9 Å². The molecule has 0 amide bonds. The van der Waals surface area contributed by atoms with Crippen LogP contribution in [0.25, 0.3) is 17.5 Å². The van der Waals surface area contributed by atoms with Crippen LogP contribution in [0.3, 0.4) is 0 Å². The molecule has 1 aliphatic rings. The van der Waals surface area contributed by atoms with Gasteiger partial charge in [-0.25, -0.2) is 4.79 Å². The Labute approximate surface area is 210 Å². The van der Waals surface area contributed by atoms with Crippen molar-refractivity contribution in [3.63, 3.8) is 0 Å². The van der Waals surface area contributed by atoms with E-state index in [1.54, 1.807) is 13.0 Å². The van der Waals surface area contributed by atoms with Gasteiger partial charge in [-0.1, -0.05) is 56.1 Å². The molecule has 0 saturated heterocycles. The van der Waals surface area contributed by atoms with Gasteiger partial charge in [0.15, 0.2) is 0 Å². The molecule has 0 aliphatic carbocycles. The van der Waals surface area contributed by atoms with Crippen molar-refractivity contribution < 1.29 is 9.53 Å². The van der Waals surface area contributed by atoms with Crippen molar-refractivity contribution in [3.8, 4) is 6.07 Å². The van der Waals surface area contributed by atoms with E-state index in [0.29, 0.717) is 14.8 Å². The second kappa shape index (κ2) is 9.51. The van der Waals surface area contributed by atoms with Crippen LogP contribution in [0.1, 0.15) is 24.0 Å². The van der Waals surface area contributed by atoms with Gasteiger partial charge in [-0.15, -0.1) is 11.3 Å². The Hall–Kier alpha value is -2.93. The molecular weight excluding hydrogens is 570 g/mol. The largest absolute Gasteiger partial charge is 0.463 e. The number of nitriles is 1. The van der Waals surface area contributed by atoms with Crippen molar-refractivity contribution in [1.82, 2.24) is 4.57 Å². The molecule has 0 spiro atoms. The molecular formula is C24H17Br2N3O3S. The van der Waals surface area contributed by atoms with Crippen LogP contribution in [0.2, 0.25) is 0 Å². The Kier molecular flexibility index (Phi) is 6.70. The summed E-state index contributed by atoms with van der Waals surface area (Å²) < 4.78 is 9.09. The minimum absolute atomic E-state index is 0.0212. The fraction of sp³-hybridized carbons (Fsp3) is 0.125. The van der Waals surface area contributed by atoms with Crippen LogP contribution < -0.4 is 20.5 Å². The molecule has 9 heteroatoms. The molecule has 2 N–H and O–H groups in total. The number of halogens is 2. The minimum atomic E-state index is -0.749. The summed E-state index contributed by atoms with van der Waals surface area (Å²) >= 11 is 7.98. The number of rotatable bonds is 4. The molecule has 6 nitrogen and oxygen atoms in total. The first-order chi connectivity index (χ1) is 15.8. The molecule has 33 heavy (non-hydrogen) atoms. The zero-order chi connectivity index (χ0) is 23.7. The smallest absolute Gasteiger partial charge is 0.338 e. The average Bonchev–Trinajstić information content (AvgIpc) is 3.12. The van der Waals surface area contributed by atoms with Crippen molar-refractivity contribution in [3.05, 3.63) is 93.7 Å². The molecule has 0 radical (unpaired) electrons. The Bertz CT molecular complexity index is 1490. The molecule has 0 bridgehead atoms. The van der Waals surface area contributed by atoms with E-state index in [1.807, 2.05) is 48.5 Å². The van der Waals surface area contributed by atoms with Crippen molar-refractivity contribution in [1.29, 1.82) is 5.26 Å². The zero-order valence-electron chi connectivity index (χ0n) is 17.3. The Morgan fingerprint density at radius 2 is 1.79 bits per heavy atom. The summed E-state index contributed by atoms with van der Waals surface area (Å²) in [5.41, 5.74) is 7.91. The Morgan fingerprint density at radius 1 is 1.18 bits per heavy atom. The second-order valence-corrected chi connectivity index (χ2v) is 10.00. The summed E-state index contributed by atoms with van der Waals surface area (Å²) in [4.78, 5) is 26.3. The van der Waals surface area contributed by atoms with Crippen molar-refractivity contribution in [2.24, 2.45) is 5.73 Å². The van der Waals surface area contributed by atoms with Gasteiger partial charge >= 0.3 is 5.97 Å². The number of hydrogen-bond acceptors (Lipinski definition) is 6. The number of carbonyl (C=O) groups excluding carboxylic acids is 1. The highest BCUT2D eigenvalue weighted by molar-refractivity contribution is 9.10. The number of benzene rings is 2. The third-order valence-electron chi connectivity index (χ3n) is 5.14. The Balaban J connectivity index is 2.05. The SMILES string of the molecule is CCOC(=O)C1=C(N)n2c(s/c(=C\c3ccc(Br)cc3)c2=O)=C(C#N)[C@@H]1c1ccc(Br)cc1. The molecule has 2 heterocycles. The topological polar surface area (TPSA) is 98.1 Å². The molecule has 4 rings (SSSR count). The van der Waals surface area contributed by atoms with Gasteiger partial charge in [0.2, 0.25) is 0 Å². The normalized spacial score (nSPS) is 15.9. The van der Waals surface area contributed by atoms with Crippen molar-refractivity contribution in [2.75, 3.05) is 6.61 Å². The van der Waals surface area contributed by atoms with Crippen LogP contribution in [0.4, 0.5) is 0 Å². The standard InChI is InChI=1S/C24H17Br2N3O3S/c1-2-32-24(31)20-19(14-5-9-16(26)10-6-14)17(12-27)23-29(21(20)28)22(30)18(33-23)11-13-3-7-15(25)8-4-13/h3-11,19H,2,28H2,1H3/b18-11-/t19-/m0/s1. The number of aromatic nitrogens is 1. The van der Waals surface area contributed by atoms with E-state index >= 15 is 0 Å². The maximum Gasteiger partial charge on any atom is 0.338 e. The predicted molar refractivity (Wildman–Crippen MR) is 135 cm³/mol. The maximum atomic E-state index is 13.3. The summed E-state index contributed by atoms with van der Waals surface area (Å²) in [7, 11) is 0. The lowest BCUT2D eigenvalue weighted by Crippen LogP contribution is -2.40. The number of nitrogens with two attached hydrogens (primary N) is 1. The third kappa shape index (κ3) is 4.34. The van der Waals surface area contributed by atoms with Gasteiger partial charge < -0.3 is 10.5 Å². The molecule has 2 aromatic carbocycles. The number of thiazole rings is 1. The van der Waals surface area contributed by atoms with Gasteiger partial charge in [-0.2, -0.15) is 5.26 Å². The summed E-state index contributed by atoms with van der Waals surface area (Å²) in [6, 6.07) is 17.0. The lowest BCUT2D eigenvalue weighted by molar-refractivity contribution is -0.138. The monoisotopic (exact) mass is 585 g/mol. The summed E-state index contributed by atoms with van der Waals surface area (Å²) in [5.74, 6) is -1.43. The number of fused-ring (bicyclic) bond motifs is 1. The van der Waals surface area contributed by atoms with E-state index < -0.39 is 11.9 Å². The predicted octanol–water partition coefficient (Wildman–Crippen LogP) is 3.43. The van der Waals surface area contributed by atoms with Gasteiger partial charge in [-0.3, -0.25) is 9.36 Å². The summed E-state index contributed by atoms with van der Waals surface area (Å²) in [6.07, 6.45) is 1.74. The fourth-order valence-corrected chi connectivity index (χ4v) is 5.32. The number of nitrogens with zero attached hydrogens (tertiary/aromatic N) is 2. The van der Waals surface area contributed by atoms with Gasteiger partial charge in [0.25, 0.3) is 5.56 Å².